The summed E-state index contributed by atoms with van der Waals surface area (Å²) in [5, 5.41) is 9.01. The average molecular weight is 304 g/mol. The molecule has 2 rings (SSSR count). The lowest BCUT2D eigenvalue weighted by Crippen LogP contribution is -1.98. The van der Waals surface area contributed by atoms with Crippen LogP contribution >= 0.6 is 12.4 Å². The first-order chi connectivity index (χ1) is 9.69. The molecular formula is C17H18ClNO2. The van der Waals surface area contributed by atoms with Gasteiger partial charge in [-0.25, -0.2) is 4.79 Å². The third-order valence-corrected chi connectivity index (χ3v) is 3.11. The number of rotatable bonds is 5. The van der Waals surface area contributed by atoms with Crippen LogP contribution < -0.4 is 0 Å². The number of hydrogen-bond acceptors (Lipinski definition) is 2. The summed E-state index contributed by atoms with van der Waals surface area (Å²) in [5.41, 5.74) is 3.68. The van der Waals surface area contributed by atoms with Gasteiger partial charge in [-0.15, -0.1) is 12.4 Å². The monoisotopic (exact) mass is 303 g/mol. The van der Waals surface area contributed by atoms with Crippen molar-refractivity contribution in [1.82, 2.24) is 4.98 Å². The number of nitrogens with zero attached hydrogens (tertiary/aromatic N) is 1. The van der Waals surface area contributed by atoms with Gasteiger partial charge in [0.15, 0.2) is 0 Å². The Balaban J connectivity index is 0.00000220. The minimum absolute atomic E-state index is 0. The molecule has 0 bridgehead atoms. The summed E-state index contributed by atoms with van der Waals surface area (Å²) < 4.78 is 0. The van der Waals surface area contributed by atoms with Crippen LogP contribution in [0, 0.1) is 0 Å². The number of aliphatic carboxylic acids is 1. The quantitative estimate of drug-likeness (QED) is 0.850. The third-order valence-electron chi connectivity index (χ3n) is 3.11. The maximum atomic E-state index is 11.0. The summed E-state index contributed by atoms with van der Waals surface area (Å²) in [5.74, 6) is -0.855. The molecule has 1 N–H and O–H groups in total. The molecule has 1 aromatic carbocycles. The molecule has 0 unspecified atom stereocenters. The highest BCUT2D eigenvalue weighted by Crippen LogP contribution is 2.13. The second kappa shape index (κ2) is 8.22. The lowest BCUT2D eigenvalue weighted by atomic mass is 10.0. The first-order valence-electron chi connectivity index (χ1n) is 6.60. The molecule has 0 amide bonds. The Kier molecular flexibility index (Phi) is 6.63. The van der Waals surface area contributed by atoms with Crippen molar-refractivity contribution in [2.24, 2.45) is 0 Å². The number of halogens is 1. The Morgan fingerprint density at radius 1 is 1.19 bits per heavy atom. The molecule has 1 aromatic heterocycles. The maximum Gasteiger partial charge on any atom is 0.331 e. The molecule has 4 heteroatoms. The Morgan fingerprint density at radius 2 is 1.90 bits per heavy atom. The Bertz CT molecular complexity index is 606. The Hall–Kier alpha value is -2.13. The topological polar surface area (TPSA) is 50.2 Å². The van der Waals surface area contributed by atoms with E-state index in [1.54, 1.807) is 12.3 Å². The fourth-order valence-corrected chi connectivity index (χ4v) is 1.99. The van der Waals surface area contributed by atoms with E-state index in [9.17, 15) is 4.79 Å². The van der Waals surface area contributed by atoms with Crippen molar-refractivity contribution in [3.05, 3.63) is 71.1 Å². The molecule has 21 heavy (non-hydrogen) atoms. The van der Waals surface area contributed by atoms with E-state index in [-0.39, 0.29) is 12.4 Å². The Morgan fingerprint density at radius 3 is 2.43 bits per heavy atom. The van der Waals surface area contributed by atoms with E-state index < -0.39 is 5.97 Å². The van der Waals surface area contributed by atoms with Crippen LogP contribution in [0.1, 0.15) is 30.0 Å². The van der Waals surface area contributed by atoms with E-state index in [1.807, 2.05) is 49.5 Å². The highest BCUT2D eigenvalue weighted by Gasteiger charge is 2.04. The van der Waals surface area contributed by atoms with Gasteiger partial charge in [0.05, 0.1) is 0 Å². The molecule has 0 aliphatic rings. The number of carboxylic acids is 1. The number of carboxylic acid groups (broad SMARTS) is 1. The first-order valence-corrected chi connectivity index (χ1v) is 6.60. The molecule has 3 nitrogen and oxygen atoms in total. The van der Waals surface area contributed by atoms with Gasteiger partial charge < -0.3 is 5.11 Å². The van der Waals surface area contributed by atoms with E-state index in [0.29, 0.717) is 12.0 Å². The van der Waals surface area contributed by atoms with Crippen LogP contribution in [0.25, 0.3) is 6.08 Å². The molecule has 0 saturated heterocycles. The zero-order valence-corrected chi connectivity index (χ0v) is 12.6. The van der Waals surface area contributed by atoms with E-state index in [4.69, 9.17) is 5.11 Å². The summed E-state index contributed by atoms with van der Waals surface area (Å²) in [6.45, 7) is 1.84. The van der Waals surface area contributed by atoms with Gasteiger partial charge in [-0.05, 0) is 41.7 Å². The number of pyridine rings is 1. The minimum atomic E-state index is -0.855. The molecule has 110 valence electrons. The van der Waals surface area contributed by atoms with Crippen molar-refractivity contribution in [3.63, 3.8) is 0 Å². The molecule has 1 heterocycles. The van der Waals surface area contributed by atoms with Crippen LogP contribution in [0.2, 0.25) is 0 Å². The largest absolute Gasteiger partial charge is 0.478 e. The zero-order chi connectivity index (χ0) is 14.4. The lowest BCUT2D eigenvalue weighted by molar-refractivity contribution is -0.132. The summed E-state index contributed by atoms with van der Waals surface area (Å²) in [6.07, 6.45) is 6.68. The van der Waals surface area contributed by atoms with Gasteiger partial charge >= 0.3 is 5.97 Å². The van der Waals surface area contributed by atoms with Crippen molar-refractivity contribution in [2.75, 3.05) is 0 Å². The molecule has 2 aromatic rings. The van der Waals surface area contributed by atoms with E-state index >= 15 is 0 Å². The average Bonchev–Trinajstić information content (AvgIpc) is 2.47. The van der Waals surface area contributed by atoms with Gasteiger partial charge in [-0.1, -0.05) is 37.3 Å². The van der Waals surface area contributed by atoms with Crippen LogP contribution in [0.15, 0.2) is 54.4 Å². The third kappa shape index (κ3) is 5.04. The molecule has 0 aliphatic carbocycles. The van der Waals surface area contributed by atoms with Gasteiger partial charge in [0.2, 0.25) is 0 Å². The Labute approximate surface area is 130 Å². The van der Waals surface area contributed by atoms with E-state index in [2.05, 4.69) is 4.98 Å². The van der Waals surface area contributed by atoms with Crippen LogP contribution in [0.5, 0.6) is 0 Å². The molecule has 0 saturated carbocycles. The fraction of sp³-hybridized carbons (Fsp3) is 0.176. The predicted molar refractivity (Wildman–Crippen MR) is 86.6 cm³/mol. The molecule has 0 spiro atoms. The highest BCUT2D eigenvalue weighted by molar-refractivity contribution is 5.92. The number of carbonyl (C=O) groups is 1. The molecule has 0 atom stereocenters. The summed E-state index contributed by atoms with van der Waals surface area (Å²) >= 11 is 0. The molecular weight excluding hydrogens is 286 g/mol. The second-order valence-corrected chi connectivity index (χ2v) is 4.61. The normalized spacial score (nSPS) is 10.8. The highest BCUT2D eigenvalue weighted by atomic mass is 35.5. The standard InChI is InChI=1S/C17H17NO2.ClH/c1-2-16(17(19)20)11-14-7-5-13(6-8-14)10-15-4-3-9-18-12-15;/h3-9,11-12H,2,10H2,1H3,(H,19,20);1H/b16-11+;. The van der Waals surface area contributed by atoms with Crippen molar-refractivity contribution < 1.29 is 9.90 Å². The van der Waals surface area contributed by atoms with Crippen molar-refractivity contribution in [2.45, 2.75) is 19.8 Å². The van der Waals surface area contributed by atoms with Crippen molar-refractivity contribution in [3.8, 4) is 0 Å². The van der Waals surface area contributed by atoms with E-state index in [0.717, 1.165) is 17.5 Å². The lowest BCUT2D eigenvalue weighted by Gasteiger charge is -2.03. The smallest absolute Gasteiger partial charge is 0.331 e. The van der Waals surface area contributed by atoms with Gasteiger partial charge in [-0.2, -0.15) is 0 Å². The molecule has 0 radical (unpaired) electrons. The van der Waals surface area contributed by atoms with Crippen LogP contribution in [-0.4, -0.2) is 16.1 Å². The molecule has 0 fully saturated rings. The fourth-order valence-electron chi connectivity index (χ4n) is 1.99. The van der Waals surface area contributed by atoms with Gasteiger partial charge in [0.1, 0.15) is 0 Å². The zero-order valence-electron chi connectivity index (χ0n) is 11.8. The van der Waals surface area contributed by atoms with Gasteiger partial charge in [0, 0.05) is 18.0 Å². The van der Waals surface area contributed by atoms with Gasteiger partial charge in [0.25, 0.3) is 0 Å². The summed E-state index contributed by atoms with van der Waals surface area (Å²) in [7, 11) is 0. The predicted octanol–water partition coefficient (Wildman–Crippen LogP) is 3.97. The second-order valence-electron chi connectivity index (χ2n) is 4.61. The summed E-state index contributed by atoms with van der Waals surface area (Å²) in [4.78, 5) is 15.1. The number of aromatic nitrogens is 1. The van der Waals surface area contributed by atoms with E-state index in [1.165, 1.54) is 5.56 Å². The van der Waals surface area contributed by atoms with Crippen molar-refractivity contribution >= 4 is 24.5 Å². The van der Waals surface area contributed by atoms with Gasteiger partial charge in [-0.3, -0.25) is 4.98 Å². The molecule has 0 aliphatic heterocycles. The number of hydrogen-bond donors (Lipinski definition) is 1. The minimum Gasteiger partial charge on any atom is -0.478 e. The summed E-state index contributed by atoms with van der Waals surface area (Å²) in [6, 6.07) is 11.9. The van der Waals surface area contributed by atoms with Crippen LogP contribution in [0.3, 0.4) is 0 Å². The van der Waals surface area contributed by atoms with Crippen molar-refractivity contribution in [1.29, 1.82) is 0 Å². The number of benzene rings is 1. The van der Waals surface area contributed by atoms with Crippen LogP contribution in [-0.2, 0) is 11.2 Å². The van der Waals surface area contributed by atoms with Crippen LogP contribution in [0.4, 0.5) is 0 Å². The maximum absolute atomic E-state index is 11.0. The SMILES string of the molecule is CC/C(=C\c1ccc(Cc2cccnc2)cc1)C(=O)O.Cl. The first kappa shape index (κ1) is 16.9.